The summed E-state index contributed by atoms with van der Waals surface area (Å²) in [6.45, 7) is 0.888. The van der Waals surface area contributed by atoms with Gasteiger partial charge in [-0.25, -0.2) is 13.8 Å². The number of alkyl halides is 1. The van der Waals surface area contributed by atoms with E-state index in [0.717, 1.165) is 20.0 Å². The molecule has 2 heterocycles. The van der Waals surface area contributed by atoms with Gasteiger partial charge in [-0.15, -0.1) is 0 Å². The second-order valence-corrected chi connectivity index (χ2v) is 9.49. The van der Waals surface area contributed by atoms with Crippen molar-refractivity contribution in [1.29, 1.82) is 0 Å². The molecule has 15 heteroatoms. The Hall–Kier alpha value is -2.87. The molecule has 0 radical (unpaired) electrons. The fourth-order valence-corrected chi connectivity index (χ4v) is 4.68. The average Bonchev–Trinajstić information content (AvgIpc) is 2.93. The molecule has 0 saturated carbocycles. The lowest BCUT2D eigenvalue weighted by Crippen LogP contribution is -2.50. The molecule has 0 bridgehead atoms. The van der Waals surface area contributed by atoms with Crippen LogP contribution in [-0.2, 0) is 18.6 Å². The minimum Gasteiger partial charge on any atom is -0.480 e. The molecule has 186 valence electrons. The van der Waals surface area contributed by atoms with E-state index in [2.05, 4.69) is 10.1 Å². The van der Waals surface area contributed by atoms with Gasteiger partial charge in [-0.2, -0.15) is 10.1 Å². The number of rotatable bonds is 9. The lowest BCUT2D eigenvalue weighted by Gasteiger charge is -2.28. The SMILES string of the molecule is C[C@H](NP(=O)(OC[C@@]1(F)O[C@@H](n2ccc(N)nc2=O)[C@](C)(O)[C@@H]1O)Oc1ccccc1)C(=O)O. The van der Waals surface area contributed by atoms with Gasteiger partial charge in [-0.05, 0) is 32.0 Å². The number of halogens is 1. The van der Waals surface area contributed by atoms with Crippen molar-refractivity contribution in [3.05, 3.63) is 53.1 Å². The molecule has 1 aliphatic heterocycles. The molecule has 1 saturated heterocycles. The van der Waals surface area contributed by atoms with Gasteiger partial charge in [0.25, 0.3) is 5.85 Å². The molecule has 6 N–H and O–H groups in total. The largest absolute Gasteiger partial charge is 0.480 e. The van der Waals surface area contributed by atoms with Gasteiger partial charge >= 0.3 is 19.4 Å². The molecule has 0 spiro atoms. The van der Waals surface area contributed by atoms with E-state index in [1.165, 1.54) is 18.2 Å². The first-order valence-corrected chi connectivity index (χ1v) is 11.4. The number of para-hydroxylation sites is 1. The Balaban J connectivity index is 1.86. The van der Waals surface area contributed by atoms with Crippen LogP contribution >= 0.6 is 7.75 Å². The highest BCUT2D eigenvalue weighted by atomic mass is 31.2. The monoisotopic (exact) mass is 502 g/mol. The molecular formula is C19H24FN4O9P. The number of nitrogens with two attached hydrogens (primary N) is 1. The highest BCUT2D eigenvalue weighted by molar-refractivity contribution is 7.52. The summed E-state index contributed by atoms with van der Waals surface area (Å²) in [6.07, 6.45) is -2.98. The van der Waals surface area contributed by atoms with Crippen LogP contribution in [0, 0.1) is 0 Å². The van der Waals surface area contributed by atoms with Crippen molar-refractivity contribution in [3.8, 4) is 5.75 Å². The maximum absolute atomic E-state index is 15.7. The van der Waals surface area contributed by atoms with E-state index >= 15 is 4.39 Å². The quantitative estimate of drug-likeness (QED) is 0.297. The smallest absolute Gasteiger partial charge is 0.459 e. The van der Waals surface area contributed by atoms with Crippen molar-refractivity contribution >= 4 is 19.5 Å². The number of nitrogens with one attached hydrogen (secondary N) is 1. The van der Waals surface area contributed by atoms with Gasteiger partial charge in [0.05, 0.1) is 0 Å². The Bertz CT molecular complexity index is 1150. The Kier molecular flexibility index (Phi) is 7.12. The fourth-order valence-electron chi connectivity index (χ4n) is 3.17. The van der Waals surface area contributed by atoms with Crippen molar-refractivity contribution in [2.24, 2.45) is 0 Å². The van der Waals surface area contributed by atoms with E-state index < -0.39 is 55.8 Å². The third kappa shape index (κ3) is 5.27. The number of aliphatic hydroxyl groups is 2. The first-order chi connectivity index (χ1) is 15.8. The van der Waals surface area contributed by atoms with Gasteiger partial charge < -0.3 is 30.3 Å². The maximum atomic E-state index is 15.7. The number of benzene rings is 1. The average molecular weight is 502 g/mol. The Morgan fingerprint density at radius 1 is 1.41 bits per heavy atom. The van der Waals surface area contributed by atoms with E-state index in [4.69, 9.17) is 24.6 Å². The predicted octanol–water partition coefficient (Wildman–Crippen LogP) is 0.398. The Morgan fingerprint density at radius 3 is 2.65 bits per heavy atom. The first kappa shape index (κ1) is 25.7. The number of anilines is 1. The van der Waals surface area contributed by atoms with E-state index in [1.54, 1.807) is 18.2 Å². The number of carbonyl (C=O) groups is 1. The minimum absolute atomic E-state index is 0.0149. The molecule has 13 nitrogen and oxygen atoms in total. The summed E-state index contributed by atoms with van der Waals surface area (Å²) in [7, 11) is -4.56. The number of aliphatic carboxylic acids is 1. The van der Waals surface area contributed by atoms with Crippen LogP contribution in [0.1, 0.15) is 20.1 Å². The van der Waals surface area contributed by atoms with Gasteiger partial charge in [0.15, 0.2) is 6.23 Å². The van der Waals surface area contributed by atoms with Crippen LogP contribution in [0.25, 0.3) is 0 Å². The van der Waals surface area contributed by atoms with Crippen LogP contribution in [0.15, 0.2) is 47.4 Å². The van der Waals surface area contributed by atoms with Crippen molar-refractivity contribution in [3.63, 3.8) is 0 Å². The van der Waals surface area contributed by atoms with E-state index in [0.29, 0.717) is 4.57 Å². The molecule has 1 aliphatic rings. The summed E-state index contributed by atoms with van der Waals surface area (Å²) in [4.78, 5) is 26.9. The lowest BCUT2D eigenvalue weighted by molar-refractivity contribution is -0.203. The third-order valence-electron chi connectivity index (χ3n) is 5.00. The number of nitrogens with zero attached hydrogens (tertiary/aromatic N) is 2. The van der Waals surface area contributed by atoms with E-state index in [9.17, 15) is 24.4 Å². The number of nitrogen functional groups attached to an aromatic ring is 1. The standard InChI is InChI=1S/C19H24FN4O9P/c1-11(14(25)26)23-34(30,33-12-6-4-3-5-7-12)31-10-19(20)15(27)18(2,29)16(32-19)24-9-8-13(21)22-17(24)28/h3-9,11,15-16,27,29H,10H2,1-2H3,(H,23,30)(H,25,26)(H2,21,22,28)/t11-,15-,16+,18+,19+,34?/m0/s1. The number of hydrogen-bond donors (Lipinski definition) is 5. The lowest BCUT2D eigenvalue weighted by atomic mass is 9.95. The number of carboxylic acids is 1. The van der Waals surface area contributed by atoms with Crippen LogP contribution in [-0.4, -0.2) is 61.0 Å². The number of carboxylic acid groups (broad SMARTS) is 1. The van der Waals surface area contributed by atoms with Crippen LogP contribution in [0.5, 0.6) is 5.75 Å². The molecule has 1 unspecified atom stereocenters. The van der Waals surface area contributed by atoms with E-state index in [-0.39, 0.29) is 11.6 Å². The molecule has 1 fully saturated rings. The van der Waals surface area contributed by atoms with Gasteiger partial charge in [-0.3, -0.25) is 13.9 Å². The highest BCUT2D eigenvalue weighted by Gasteiger charge is 2.63. The van der Waals surface area contributed by atoms with Crippen molar-refractivity contribution in [1.82, 2.24) is 14.6 Å². The Labute approximate surface area is 192 Å². The number of aromatic nitrogens is 2. The number of hydrogen-bond acceptors (Lipinski definition) is 10. The summed E-state index contributed by atoms with van der Waals surface area (Å²) in [5.74, 6) is -4.71. The second kappa shape index (κ2) is 9.41. The van der Waals surface area contributed by atoms with Crippen LogP contribution in [0.3, 0.4) is 0 Å². The number of aliphatic hydroxyl groups excluding tert-OH is 1. The minimum atomic E-state index is -4.56. The maximum Gasteiger partial charge on any atom is 0.459 e. The van der Waals surface area contributed by atoms with Crippen molar-refractivity contribution in [2.75, 3.05) is 12.3 Å². The second-order valence-electron chi connectivity index (χ2n) is 7.79. The summed E-state index contributed by atoms with van der Waals surface area (Å²) in [6, 6.07) is 7.28. The van der Waals surface area contributed by atoms with Gasteiger partial charge in [0.2, 0.25) is 0 Å². The van der Waals surface area contributed by atoms with Gasteiger partial charge in [0, 0.05) is 6.20 Å². The highest BCUT2D eigenvalue weighted by Crippen LogP contribution is 2.50. The van der Waals surface area contributed by atoms with Crippen LogP contribution < -0.4 is 21.0 Å². The third-order valence-corrected chi connectivity index (χ3v) is 6.62. The summed E-state index contributed by atoms with van der Waals surface area (Å²) in [5, 5.41) is 32.5. The molecule has 0 amide bonds. The summed E-state index contributed by atoms with van der Waals surface area (Å²) >= 11 is 0. The van der Waals surface area contributed by atoms with Gasteiger partial charge in [0.1, 0.15) is 35.9 Å². The molecule has 1 aromatic carbocycles. The fraction of sp³-hybridized carbons (Fsp3) is 0.421. The summed E-state index contributed by atoms with van der Waals surface area (Å²) in [5.41, 5.74) is 2.07. The van der Waals surface area contributed by atoms with Crippen molar-refractivity contribution < 1.29 is 42.9 Å². The van der Waals surface area contributed by atoms with Gasteiger partial charge in [-0.1, -0.05) is 18.2 Å². The molecule has 2 aromatic rings. The zero-order chi connectivity index (χ0) is 25.3. The summed E-state index contributed by atoms with van der Waals surface area (Å²) < 4.78 is 45.2. The zero-order valence-electron chi connectivity index (χ0n) is 18.1. The number of ether oxygens (including phenoxy) is 1. The van der Waals surface area contributed by atoms with E-state index in [1.807, 2.05) is 0 Å². The molecule has 1 aromatic heterocycles. The molecule has 34 heavy (non-hydrogen) atoms. The molecule has 3 rings (SSSR count). The van der Waals surface area contributed by atoms with Crippen LogP contribution in [0.4, 0.5) is 10.2 Å². The topological polar surface area (TPSA) is 195 Å². The first-order valence-electron chi connectivity index (χ1n) is 9.89. The predicted molar refractivity (Wildman–Crippen MR) is 114 cm³/mol. The van der Waals surface area contributed by atoms with Crippen molar-refractivity contribution in [2.45, 2.75) is 43.7 Å². The molecular weight excluding hydrogens is 478 g/mol. The molecule has 6 atom stereocenters. The molecule has 0 aliphatic carbocycles. The Morgan fingerprint density at radius 2 is 2.06 bits per heavy atom. The zero-order valence-corrected chi connectivity index (χ0v) is 19.0. The van der Waals surface area contributed by atoms with Crippen LogP contribution in [0.2, 0.25) is 0 Å². The normalized spacial score (nSPS) is 29.3.